The molecule has 1 saturated heterocycles. The second-order valence-electron chi connectivity index (χ2n) is 5.35. The van der Waals surface area contributed by atoms with Crippen LogP contribution in [-0.4, -0.2) is 78.5 Å². The maximum absolute atomic E-state index is 12.6. The van der Waals surface area contributed by atoms with Gasteiger partial charge in [0.1, 0.15) is 24.2 Å². The largest absolute Gasteiger partial charge is 0.398 e. The summed E-state index contributed by atoms with van der Waals surface area (Å²) in [6.07, 6.45) is 0. The summed E-state index contributed by atoms with van der Waals surface area (Å²) in [7, 11) is -2.18. The van der Waals surface area contributed by atoms with Crippen LogP contribution in [0, 0.1) is 0 Å². The van der Waals surface area contributed by atoms with E-state index in [0.717, 1.165) is 23.1 Å². The first-order valence-electron chi connectivity index (χ1n) is 7.46. The molecule has 0 aliphatic carbocycles. The Kier molecular flexibility index (Phi) is 5.68. The van der Waals surface area contributed by atoms with E-state index in [1.807, 2.05) is 0 Å². The first kappa shape index (κ1) is 20.9. The molecule has 2 aromatic heterocycles. The summed E-state index contributed by atoms with van der Waals surface area (Å²) in [5, 5.41) is 17.2. The molecule has 29 heavy (non-hydrogen) atoms. The van der Waals surface area contributed by atoms with E-state index >= 15 is 0 Å². The van der Waals surface area contributed by atoms with Gasteiger partial charge >= 0.3 is 10.3 Å². The minimum absolute atomic E-state index is 0.104. The lowest BCUT2D eigenvalue weighted by atomic mass is 10.1. The molecule has 3 heterocycles. The molecular weight excluding hydrogens is 450 g/mol. The van der Waals surface area contributed by atoms with E-state index in [1.165, 1.54) is 24.2 Å². The highest BCUT2D eigenvalue weighted by Crippen LogP contribution is 2.35. The van der Waals surface area contributed by atoms with Crippen molar-refractivity contribution in [2.75, 3.05) is 12.8 Å². The number of anilines is 1. The molecule has 0 spiro atoms. The number of carbonyl (C=O) groups is 2. The van der Waals surface area contributed by atoms with Crippen LogP contribution in [0.1, 0.15) is 5.69 Å². The number of hydrogen-bond acceptors (Lipinski definition) is 13. The Morgan fingerprint density at radius 1 is 1.52 bits per heavy atom. The van der Waals surface area contributed by atoms with Crippen LogP contribution in [0.2, 0.25) is 0 Å². The second-order valence-corrected chi connectivity index (χ2v) is 8.61. The number of hydrogen-bond donors (Lipinski definition) is 3. The summed E-state index contributed by atoms with van der Waals surface area (Å²) in [6, 6.07) is -1.33. The lowest BCUT2D eigenvalue weighted by Gasteiger charge is -2.42. The molecule has 0 aromatic carbocycles. The smallest absolute Gasteiger partial charge is 0.363 e. The van der Waals surface area contributed by atoms with Gasteiger partial charge in [0, 0.05) is 12.4 Å². The van der Waals surface area contributed by atoms with Gasteiger partial charge in [-0.3, -0.25) is 14.1 Å². The third kappa shape index (κ3) is 4.13. The average molecular weight is 463 g/mol. The number of nitrogens with zero attached hydrogens (tertiary/aromatic N) is 7. The number of rotatable bonds is 7. The number of nitrogen functional groups attached to an aromatic ring is 1. The number of nitrogens with one attached hydrogen (secondary N) is 1. The summed E-state index contributed by atoms with van der Waals surface area (Å²) in [5.74, 6) is -1.92. The van der Waals surface area contributed by atoms with Gasteiger partial charge in [0.25, 0.3) is 11.8 Å². The molecule has 2 atom stereocenters. The Hall–Kier alpha value is -2.83. The van der Waals surface area contributed by atoms with Crippen LogP contribution < -0.4 is 11.1 Å². The van der Waals surface area contributed by atoms with Crippen molar-refractivity contribution in [1.29, 1.82) is 0 Å². The van der Waals surface area contributed by atoms with Gasteiger partial charge in [0.15, 0.2) is 10.8 Å². The van der Waals surface area contributed by atoms with E-state index in [-0.39, 0.29) is 26.0 Å². The summed E-state index contributed by atoms with van der Waals surface area (Å²) in [4.78, 5) is 33.5. The fourth-order valence-corrected chi connectivity index (χ4v) is 5.00. The summed E-state index contributed by atoms with van der Waals surface area (Å²) < 4.78 is 33.9. The molecule has 1 aliphatic rings. The lowest BCUT2D eigenvalue weighted by Crippen LogP contribution is -2.71. The molecular formula is C11H13N9O6S3. The van der Waals surface area contributed by atoms with Gasteiger partial charge in [0.05, 0.1) is 0 Å². The fourth-order valence-electron chi connectivity index (χ4n) is 2.26. The summed E-state index contributed by atoms with van der Waals surface area (Å²) >= 11 is 1.81. The van der Waals surface area contributed by atoms with E-state index < -0.39 is 33.5 Å². The molecule has 0 radical (unpaired) electrons. The number of nitrogens with two attached hydrogens (primary N) is 1. The third-order valence-electron chi connectivity index (χ3n) is 3.50. The van der Waals surface area contributed by atoms with Gasteiger partial charge in [0.2, 0.25) is 5.16 Å². The zero-order valence-corrected chi connectivity index (χ0v) is 17.1. The van der Waals surface area contributed by atoms with Crippen LogP contribution in [0.4, 0.5) is 5.13 Å². The minimum Gasteiger partial charge on any atom is -0.398 e. The molecule has 18 heteroatoms. The van der Waals surface area contributed by atoms with E-state index in [1.54, 1.807) is 0 Å². The molecule has 0 bridgehead atoms. The van der Waals surface area contributed by atoms with Crippen molar-refractivity contribution in [1.82, 2.24) is 34.8 Å². The number of amides is 2. The SMILES string of the molecule is CO/N=C(/C(=O)NC1C(=O)N(S(=O)(=O)O)C1Sc1nnnn1C)c1csc(N)n1. The number of β-lactam (4-membered cyclic amide) rings is 1. The Morgan fingerprint density at radius 3 is 2.76 bits per heavy atom. The van der Waals surface area contributed by atoms with Crippen molar-refractivity contribution < 1.29 is 27.4 Å². The van der Waals surface area contributed by atoms with Crippen LogP contribution in [0.25, 0.3) is 0 Å². The molecule has 4 N–H and O–H groups in total. The molecule has 2 unspecified atom stereocenters. The third-order valence-corrected chi connectivity index (χ3v) is 6.50. The zero-order valence-electron chi connectivity index (χ0n) is 14.7. The minimum atomic E-state index is -4.88. The first-order valence-corrected chi connectivity index (χ1v) is 10.6. The Labute approximate surface area is 171 Å². The van der Waals surface area contributed by atoms with Crippen molar-refractivity contribution in [2.45, 2.75) is 16.6 Å². The van der Waals surface area contributed by atoms with Crippen molar-refractivity contribution >= 4 is 56.1 Å². The monoisotopic (exact) mass is 463 g/mol. The van der Waals surface area contributed by atoms with E-state index in [9.17, 15) is 22.6 Å². The van der Waals surface area contributed by atoms with Crippen molar-refractivity contribution in [3.05, 3.63) is 11.1 Å². The Balaban J connectivity index is 1.85. The first-order chi connectivity index (χ1) is 13.6. The van der Waals surface area contributed by atoms with Crippen LogP contribution >= 0.6 is 23.1 Å². The number of aryl methyl sites for hydroxylation is 1. The second kappa shape index (κ2) is 7.89. The molecule has 1 aliphatic heterocycles. The number of thioether (sulfide) groups is 1. The standard InChI is InChI=1S/C11H13N9O6S3/c1-19-11(15-17-18-19)28-9-6(8(22)20(9)29(23,24)25)14-7(21)5(16-26-2)4-3-27-10(12)13-4/h3,6,9H,1-2H3,(H2,12,13)(H,14,21)(H,23,24,25)/b16-5+. The van der Waals surface area contributed by atoms with Gasteiger partial charge in [-0.05, 0) is 10.4 Å². The van der Waals surface area contributed by atoms with Gasteiger partial charge in [-0.1, -0.05) is 16.9 Å². The molecule has 2 amide bonds. The number of aromatic nitrogens is 5. The van der Waals surface area contributed by atoms with Crippen molar-refractivity contribution in [3.8, 4) is 0 Å². The van der Waals surface area contributed by atoms with Gasteiger partial charge in [-0.2, -0.15) is 12.7 Å². The van der Waals surface area contributed by atoms with Crippen LogP contribution in [0.3, 0.4) is 0 Å². The Morgan fingerprint density at radius 2 is 2.24 bits per heavy atom. The van der Waals surface area contributed by atoms with Gasteiger partial charge in [-0.15, -0.1) is 16.4 Å². The van der Waals surface area contributed by atoms with Crippen molar-refractivity contribution in [3.63, 3.8) is 0 Å². The highest BCUT2D eigenvalue weighted by molar-refractivity contribution is 8.00. The summed E-state index contributed by atoms with van der Waals surface area (Å²) in [6.45, 7) is 0. The predicted octanol–water partition coefficient (Wildman–Crippen LogP) is -2.15. The number of tetrazole rings is 1. The topological polar surface area (TPSA) is 208 Å². The maximum Gasteiger partial charge on any atom is 0.363 e. The van der Waals surface area contributed by atoms with E-state index in [2.05, 4.69) is 35.8 Å². The number of carbonyl (C=O) groups excluding carboxylic acids is 2. The van der Waals surface area contributed by atoms with E-state index in [4.69, 9.17) is 5.73 Å². The van der Waals surface area contributed by atoms with Crippen LogP contribution in [-0.2, 0) is 31.8 Å². The summed E-state index contributed by atoms with van der Waals surface area (Å²) in [5.41, 5.74) is 5.38. The van der Waals surface area contributed by atoms with Crippen molar-refractivity contribution in [2.24, 2.45) is 12.2 Å². The average Bonchev–Trinajstić information content (AvgIpc) is 3.24. The number of oxime groups is 1. The molecule has 1 fully saturated rings. The quantitative estimate of drug-likeness (QED) is 0.174. The lowest BCUT2D eigenvalue weighted by molar-refractivity contribution is -0.140. The predicted molar refractivity (Wildman–Crippen MR) is 98.8 cm³/mol. The molecule has 2 aromatic rings. The van der Waals surface area contributed by atoms with Gasteiger partial charge in [-0.25, -0.2) is 9.67 Å². The van der Waals surface area contributed by atoms with E-state index in [0.29, 0.717) is 0 Å². The van der Waals surface area contributed by atoms with Gasteiger partial charge < -0.3 is 15.9 Å². The highest BCUT2D eigenvalue weighted by atomic mass is 32.2. The Bertz CT molecular complexity index is 1080. The molecule has 0 saturated carbocycles. The maximum atomic E-state index is 12.6. The fraction of sp³-hybridized carbons (Fsp3) is 0.364. The molecule has 3 rings (SSSR count). The normalized spacial score (nSPS) is 19.8. The zero-order chi connectivity index (χ0) is 21.3. The van der Waals surface area contributed by atoms with Crippen LogP contribution in [0.15, 0.2) is 15.7 Å². The number of thiazole rings is 1. The highest BCUT2D eigenvalue weighted by Gasteiger charge is 2.55. The molecule has 15 nitrogen and oxygen atoms in total. The van der Waals surface area contributed by atoms with Crippen LogP contribution in [0.5, 0.6) is 0 Å². The molecule has 156 valence electrons.